The van der Waals surface area contributed by atoms with Gasteiger partial charge in [-0.1, -0.05) is 6.07 Å². The summed E-state index contributed by atoms with van der Waals surface area (Å²) in [7, 11) is 0. The second-order valence-corrected chi connectivity index (χ2v) is 4.47. The molecule has 0 bridgehead atoms. The number of carbonyl (C=O) groups excluding carboxylic acids is 2. The Morgan fingerprint density at radius 2 is 2.33 bits per heavy atom. The lowest BCUT2D eigenvalue weighted by atomic mass is 10.2. The molecule has 5 heteroatoms. The first-order chi connectivity index (χ1) is 7.18. The summed E-state index contributed by atoms with van der Waals surface area (Å²) in [6, 6.07) is 3.72. The number of carbonyl (C=O) groups is 2. The molecule has 0 spiro atoms. The number of thiophene rings is 1. The number of nitrogens with one attached hydrogen (secondary N) is 1. The van der Waals surface area contributed by atoms with Gasteiger partial charge in [-0.25, -0.2) is 4.79 Å². The molecule has 1 saturated heterocycles. The SMILES string of the molecule is CC(c1cccs1)N1CCC(=O)NC1=O. The molecule has 80 valence electrons. The molecule has 0 aromatic carbocycles. The van der Waals surface area contributed by atoms with Gasteiger partial charge in [0.1, 0.15) is 0 Å². The Balaban J connectivity index is 2.11. The van der Waals surface area contributed by atoms with Crippen LogP contribution in [0.4, 0.5) is 4.79 Å². The summed E-state index contributed by atoms with van der Waals surface area (Å²) in [5, 5.41) is 4.31. The normalized spacial score (nSPS) is 18.9. The number of rotatable bonds is 2. The summed E-state index contributed by atoms with van der Waals surface area (Å²) in [6.45, 7) is 2.48. The summed E-state index contributed by atoms with van der Waals surface area (Å²) >= 11 is 1.62. The summed E-state index contributed by atoms with van der Waals surface area (Å²) in [4.78, 5) is 25.3. The second kappa shape index (κ2) is 4.02. The molecule has 0 aliphatic carbocycles. The van der Waals surface area contributed by atoms with Crippen molar-refractivity contribution in [1.29, 1.82) is 0 Å². The van der Waals surface area contributed by atoms with Crippen molar-refractivity contribution in [3.63, 3.8) is 0 Å². The van der Waals surface area contributed by atoms with E-state index in [9.17, 15) is 9.59 Å². The first-order valence-electron chi connectivity index (χ1n) is 4.82. The van der Waals surface area contributed by atoms with E-state index in [-0.39, 0.29) is 18.0 Å². The summed E-state index contributed by atoms with van der Waals surface area (Å²) in [5.41, 5.74) is 0. The van der Waals surface area contributed by atoms with Gasteiger partial charge in [0.15, 0.2) is 0 Å². The molecule has 3 amide bonds. The Labute approximate surface area is 91.9 Å². The monoisotopic (exact) mass is 224 g/mol. The van der Waals surface area contributed by atoms with E-state index in [1.165, 1.54) is 0 Å². The van der Waals surface area contributed by atoms with E-state index in [4.69, 9.17) is 0 Å². The fraction of sp³-hybridized carbons (Fsp3) is 0.400. The molecule has 15 heavy (non-hydrogen) atoms. The standard InChI is InChI=1S/C10H12N2O2S/c1-7(8-3-2-6-15-8)12-5-4-9(13)11-10(12)14/h2-3,6-7H,4-5H2,1H3,(H,11,13,14). The fourth-order valence-electron chi connectivity index (χ4n) is 1.63. The number of amides is 3. The highest BCUT2D eigenvalue weighted by molar-refractivity contribution is 7.10. The Hall–Kier alpha value is -1.36. The van der Waals surface area contributed by atoms with Gasteiger partial charge in [-0.05, 0) is 18.4 Å². The van der Waals surface area contributed by atoms with Crippen molar-refractivity contribution >= 4 is 23.3 Å². The Morgan fingerprint density at radius 3 is 2.93 bits per heavy atom. The molecule has 1 aromatic heterocycles. The molecular weight excluding hydrogens is 212 g/mol. The van der Waals surface area contributed by atoms with Crippen molar-refractivity contribution in [2.45, 2.75) is 19.4 Å². The van der Waals surface area contributed by atoms with E-state index >= 15 is 0 Å². The molecule has 1 N–H and O–H groups in total. The molecule has 1 aliphatic rings. The highest BCUT2D eigenvalue weighted by atomic mass is 32.1. The summed E-state index contributed by atoms with van der Waals surface area (Å²) < 4.78 is 0. The molecule has 1 aromatic rings. The molecule has 1 atom stereocenters. The Kier molecular flexibility index (Phi) is 2.73. The highest BCUT2D eigenvalue weighted by Crippen LogP contribution is 2.25. The average molecular weight is 224 g/mol. The van der Waals surface area contributed by atoms with Crippen LogP contribution in [0.3, 0.4) is 0 Å². The zero-order valence-corrected chi connectivity index (χ0v) is 9.21. The third-order valence-corrected chi connectivity index (χ3v) is 3.55. The van der Waals surface area contributed by atoms with Crippen molar-refractivity contribution in [3.8, 4) is 0 Å². The van der Waals surface area contributed by atoms with Crippen LogP contribution in [-0.2, 0) is 4.79 Å². The Bertz CT molecular complexity index is 375. The lowest BCUT2D eigenvalue weighted by Crippen LogP contribution is -2.50. The number of imide groups is 1. The molecule has 4 nitrogen and oxygen atoms in total. The molecule has 1 fully saturated rings. The van der Waals surface area contributed by atoms with Crippen molar-refractivity contribution < 1.29 is 9.59 Å². The third kappa shape index (κ3) is 2.02. The zero-order chi connectivity index (χ0) is 10.8. The van der Waals surface area contributed by atoms with Gasteiger partial charge in [-0.15, -0.1) is 11.3 Å². The van der Waals surface area contributed by atoms with Crippen molar-refractivity contribution in [2.24, 2.45) is 0 Å². The van der Waals surface area contributed by atoms with Crippen LogP contribution in [0.2, 0.25) is 0 Å². The first kappa shape index (κ1) is 10.2. The first-order valence-corrected chi connectivity index (χ1v) is 5.70. The van der Waals surface area contributed by atoms with E-state index < -0.39 is 0 Å². The predicted molar refractivity (Wildman–Crippen MR) is 57.6 cm³/mol. The van der Waals surface area contributed by atoms with Crippen LogP contribution in [-0.4, -0.2) is 23.4 Å². The van der Waals surface area contributed by atoms with E-state index in [1.54, 1.807) is 16.2 Å². The largest absolute Gasteiger partial charge is 0.324 e. The minimum Gasteiger partial charge on any atom is -0.316 e. The smallest absolute Gasteiger partial charge is 0.316 e. The van der Waals surface area contributed by atoms with E-state index in [2.05, 4.69) is 5.32 Å². The van der Waals surface area contributed by atoms with Crippen LogP contribution in [0.25, 0.3) is 0 Å². The zero-order valence-electron chi connectivity index (χ0n) is 8.40. The lowest BCUT2D eigenvalue weighted by molar-refractivity contribution is -0.121. The molecule has 2 heterocycles. The van der Waals surface area contributed by atoms with Crippen LogP contribution in [0.5, 0.6) is 0 Å². The number of nitrogens with zero attached hydrogens (tertiary/aromatic N) is 1. The van der Waals surface area contributed by atoms with Gasteiger partial charge in [0.25, 0.3) is 0 Å². The maximum absolute atomic E-state index is 11.5. The lowest BCUT2D eigenvalue weighted by Gasteiger charge is -2.31. The number of urea groups is 1. The van der Waals surface area contributed by atoms with E-state index in [1.807, 2.05) is 24.4 Å². The van der Waals surface area contributed by atoms with Crippen molar-refractivity contribution in [2.75, 3.05) is 6.54 Å². The molecule has 0 saturated carbocycles. The summed E-state index contributed by atoms with van der Waals surface area (Å²) in [5.74, 6) is -0.186. The predicted octanol–water partition coefficient (Wildman–Crippen LogP) is 1.75. The van der Waals surface area contributed by atoms with Gasteiger partial charge in [-0.2, -0.15) is 0 Å². The van der Waals surface area contributed by atoms with E-state index in [0.29, 0.717) is 13.0 Å². The summed E-state index contributed by atoms with van der Waals surface area (Å²) in [6.07, 6.45) is 0.390. The molecule has 1 aliphatic heterocycles. The van der Waals surface area contributed by atoms with Crippen molar-refractivity contribution in [1.82, 2.24) is 10.2 Å². The topological polar surface area (TPSA) is 49.4 Å². The molecule has 0 radical (unpaired) electrons. The maximum Gasteiger partial charge on any atom is 0.324 e. The van der Waals surface area contributed by atoms with Crippen LogP contribution in [0.15, 0.2) is 17.5 Å². The second-order valence-electron chi connectivity index (χ2n) is 3.49. The van der Waals surface area contributed by atoms with Crippen LogP contribution >= 0.6 is 11.3 Å². The van der Waals surface area contributed by atoms with Crippen molar-refractivity contribution in [3.05, 3.63) is 22.4 Å². The molecule has 2 rings (SSSR count). The van der Waals surface area contributed by atoms with Gasteiger partial charge >= 0.3 is 6.03 Å². The molecular formula is C10H12N2O2S. The molecule has 1 unspecified atom stereocenters. The van der Waals surface area contributed by atoms with Gasteiger partial charge < -0.3 is 4.90 Å². The quantitative estimate of drug-likeness (QED) is 0.832. The highest BCUT2D eigenvalue weighted by Gasteiger charge is 2.27. The third-order valence-electron chi connectivity index (χ3n) is 2.51. The number of hydrogen-bond donors (Lipinski definition) is 1. The van der Waals surface area contributed by atoms with Gasteiger partial charge in [0.05, 0.1) is 6.04 Å². The number of hydrogen-bond acceptors (Lipinski definition) is 3. The fourth-order valence-corrected chi connectivity index (χ4v) is 2.42. The maximum atomic E-state index is 11.5. The van der Waals surface area contributed by atoms with Crippen LogP contribution < -0.4 is 5.32 Å². The minimum atomic E-state index is -0.285. The van der Waals surface area contributed by atoms with Gasteiger partial charge in [0.2, 0.25) is 5.91 Å². The van der Waals surface area contributed by atoms with Crippen LogP contribution in [0, 0.1) is 0 Å². The Morgan fingerprint density at radius 1 is 1.53 bits per heavy atom. The average Bonchev–Trinajstić information content (AvgIpc) is 2.69. The van der Waals surface area contributed by atoms with Crippen LogP contribution in [0.1, 0.15) is 24.3 Å². The van der Waals surface area contributed by atoms with Gasteiger partial charge in [-0.3, -0.25) is 10.1 Å². The van der Waals surface area contributed by atoms with E-state index in [0.717, 1.165) is 4.88 Å². The minimum absolute atomic E-state index is 0.0399. The van der Waals surface area contributed by atoms with Gasteiger partial charge in [0, 0.05) is 17.8 Å².